The second-order valence-electron chi connectivity index (χ2n) is 7.13. The van der Waals surface area contributed by atoms with Gasteiger partial charge < -0.3 is 14.2 Å². The Kier molecular flexibility index (Phi) is 5.21. The van der Waals surface area contributed by atoms with Gasteiger partial charge >= 0.3 is 11.9 Å². The Bertz CT molecular complexity index is 721. The van der Waals surface area contributed by atoms with Gasteiger partial charge in [0.15, 0.2) is 0 Å². The molecule has 0 unspecified atom stereocenters. The van der Waals surface area contributed by atoms with E-state index in [0.717, 1.165) is 12.8 Å². The van der Waals surface area contributed by atoms with E-state index in [1.54, 1.807) is 24.3 Å². The van der Waals surface area contributed by atoms with Crippen molar-refractivity contribution in [3.8, 4) is 0 Å². The van der Waals surface area contributed by atoms with Crippen molar-refractivity contribution in [2.45, 2.75) is 25.0 Å². The van der Waals surface area contributed by atoms with Crippen LogP contribution in [0.5, 0.6) is 0 Å². The standard InChI is InChI=1S/C22H22O5/c23-21(15-7-3-1-4-8-15)25-13-17-11-19-20(27-19)12-18(17)14-26-22(24)16-9-5-2-6-10-16/h1-10,17-20H,11-14H2/t17-,18+,19-,20+. The van der Waals surface area contributed by atoms with Crippen LogP contribution in [-0.4, -0.2) is 37.4 Å². The van der Waals surface area contributed by atoms with Crippen LogP contribution < -0.4 is 0 Å². The number of carbonyl (C=O) groups is 2. The normalized spacial score (nSPS) is 25.9. The summed E-state index contributed by atoms with van der Waals surface area (Å²) < 4.78 is 16.7. The van der Waals surface area contributed by atoms with Crippen molar-refractivity contribution in [1.29, 1.82) is 0 Å². The van der Waals surface area contributed by atoms with Crippen molar-refractivity contribution in [2.75, 3.05) is 13.2 Å². The highest BCUT2D eigenvalue weighted by molar-refractivity contribution is 5.89. The van der Waals surface area contributed by atoms with Gasteiger partial charge in [0.1, 0.15) is 0 Å². The fourth-order valence-electron chi connectivity index (χ4n) is 3.66. The number of hydrogen-bond donors (Lipinski definition) is 0. The fraction of sp³-hybridized carbons (Fsp3) is 0.364. The van der Waals surface area contributed by atoms with E-state index in [2.05, 4.69) is 0 Å². The third-order valence-corrected chi connectivity index (χ3v) is 5.30. The molecule has 2 aromatic rings. The van der Waals surface area contributed by atoms with Crippen molar-refractivity contribution in [3.63, 3.8) is 0 Å². The van der Waals surface area contributed by atoms with E-state index in [9.17, 15) is 9.59 Å². The molecule has 1 saturated heterocycles. The minimum Gasteiger partial charge on any atom is -0.462 e. The number of benzene rings is 2. The van der Waals surface area contributed by atoms with Gasteiger partial charge in [-0.1, -0.05) is 36.4 Å². The molecule has 0 bridgehead atoms. The second-order valence-corrected chi connectivity index (χ2v) is 7.13. The highest BCUT2D eigenvalue weighted by Crippen LogP contribution is 2.43. The molecule has 0 spiro atoms. The van der Waals surface area contributed by atoms with E-state index in [0.29, 0.717) is 24.3 Å². The molecule has 27 heavy (non-hydrogen) atoms. The van der Waals surface area contributed by atoms with Crippen LogP contribution >= 0.6 is 0 Å². The molecular formula is C22H22O5. The fourth-order valence-corrected chi connectivity index (χ4v) is 3.66. The van der Waals surface area contributed by atoms with Crippen molar-refractivity contribution in [3.05, 3.63) is 71.8 Å². The summed E-state index contributed by atoms with van der Waals surface area (Å²) in [7, 11) is 0. The molecule has 2 fully saturated rings. The summed E-state index contributed by atoms with van der Waals surface area (Å²) in [4.78, 5) is 24.4. The second kappa shape index (κ2) is 7.92. The Labute approximate surface area is 158 Å². The Morgan fingerprint density at radius 3 is 1.56 bits per heavy atom. The molecule has 0 amide bonds. The molecule has 5 nitrogen and oxygen atoms in total. The summed E-state index contributed by atoms with van der Waals surface area (Å²) in [5.41, 5.74) is 1.09. The summed E-state index contributed by atoms with van der Waals surface area (Å²) in [6, 6.07) is 17.9. The van der Waals surface area contributed by atoms with Gasteiger partial charge in [0, 0.05) is 11.8 Å². The third kappa shape index (κ3) is 4.37. The lowest BCUT2D eigenvalue weighted by atomic mass is 9.80. The van der Waals surface area contributed by atoms with Crippen molar-refractivity contribution in [1.82, 2.24) is 0 Å². The molecule has 0 aromatic heterocycles. The predicted octanol–water partition coefficient (Wildman–Crippen LogP) is 3.49. The van der Waals surface area contributed by atoms with Gasteiger partial charge in [0.25, 0.3) is 0 Å². The van der Waals surface area contributed by atoms with Crippen LogP contribution in [0.3, 0.4) is 0 Å². The van der Waals surface area contributed by atoms with E-state index >= 15 is 0 Å². The first-order valence-electron chi connectivity index (χ1n) is 9.30. The van der Waals surface area contributed by atoms with Crippen molar-refractivity contribution in [2.24, 2.45) is 11.8 Å². The average molecular weight is 366 g/mol. The lowest BCUT2D eigenvalue weighted by Gasteiger charge is -2.28. The van der Waals surface area contributed by atoms with E-state index < -0.39 is 0 Å². The smallest absolute Gasteiger partial charge is 0.338 e. The number of hydrogen-bond acceptors (Lipinski definition) is 5. The van der Waals surface area contributed by atoms with Crippen molar-refractivity contribution >= 4 is 11.9 Å². The quantitative estimate of drug-likeness (QED) is 0.578. The summed E-state index contributed by atoms with van der Waals surface area (Å²) in [6.45, 7) is 0.627. The minimum absolute atomic E-state index is 0.130. The van der Waals surface area contributed by atoms with E-state index in [1.165, 1.54) is 0 Å². The summed E-state index contributed by atoms with van der Waals surface area (Å²) in [5, 5.41) is 0. The van der Waals surface area contributed by atoms with Crippen LogP contribution in [0.25, 0.3) is 0 Å². The highest BCUT2D eigenvalue weighted by Gasteiger charge is 2.48. The zero-order valence-electron chi connectivity index (χ0n) is 15.0. The topological polar surface area (TPSA) is 65.1 Å². The molecule has 5 heteroatoms. The first-order valence-corrected chi connectivity index (χ1v) is 9.30. The molecule has 2 aromatic carbocycles. The summed E-state index contributed by atoms with van der Waals surface area (Å²) in [6.07, 6.45) is 2.18. The Morgan fingerprint density at radius 2 is 1.15 bits per heavy atom. The molecular weight excluding hydrogens is 344 g/mol. The maximum atomic E-state index is 12.2. The Hall–Kier alpha value is -2.66. The Balaban J connectivity index is 1.33. The molecule has 140 valence electrons. The van der Waals surface area contributed by atoms with E-state index in [1.807, 2.05) is 36.4 Å². The molecule has 1 saturated carbocycles. The molecule has 1 heterocycles. The average Bonchev–Trinajstić information content (AvgIpc) is 3.49. The number of ether oxygens (including phenoxy) is 3. The number of carbonyl (C=O) groups excluding carboxylic acids is 2. The van der Waals surface area contributed by atoms with Crippen LogP contribution in [0.1, 0.15) is 33.6 Å². The molecule has 1 aliphatic carbocycles. The zero-order chi connectivity index (χ0) is 18.6. The van der Waals surface area contributed by atoms with Crippen LogP contribution in [-0.2, 0) is 14.2 Å². The predicted molar refractivity (Wildman–Crippen MR) is 98.3 cm³/mol. The van der Waals surface area contributed by atoms with Crippen LogP contribution in [0.4, 0.5) is 0 Å². The number of epoxide rings is 1. The minimum atomic E-state index is -0.325. The lowest BCUT2D eigenvalue weighted by Crippen LogP contribution is -2.32. The Morgan fingerprint density at radius 1 is 0.741 bits per heavy atom. The van der Waals surface area contributed by atoms with Crippen LogP contribution in [0, 0.1) is 11.8 Å². The first-order chi connectivity index (χ1) is 13.2. The summed E-state index contributed by atoms with van der Waals surface area (Å²) in [5.74, 6) is -0.390. The van der Waals surface area contributed by atoms with Gasteiger partial charge in [-0.05, 0) is 37.1 Å². The largest absolute Gasteiger partial charge is 0.462 e. The van der Waals surface area contributed by atoms with Crippen LogP contribution in [0.15, 0.2) is 60.7 Å². The van der Waals surface area contributed by atoms with Crippen molar-refractivity contribution < 1.29 is 23.8 Å². The van der Waals surface area contributed by atoms with Gasteiger partial charge in [0.2, 0.25) is 0 Å². The number of fused-ring (bicyclic) bond motifs is 1. The number of rotatable bonds is 6. The molecule has 4 atom stereocenters. The van der Waals surface area contributed by atoms with Crippen LogP contribution in [0.2, 0.25) is 0 Å². The molecule has 2 aliphatic rings. The maximum absolute atomic E-state index is 12.2. The highest BCUT2D eigenvalue weighted by atomic mass is 16.6. The van der Waals surface area contributed by atoms with Gasteiger partial charge in [-0.25, -0.2) is 9.59 Å². The van der Waals surface area contributed by atoms with Gasteiger partial charge in [-0.15, -0.1) is 0 Å². The van der Waals surface area contributed by atoms with Gasteiger partial charge in [-0.3, -0.25) is 0 Å². The monoisotopic (exact) mass is 366 g/mol. The SMILES string of the molecule is O=C(OC[C@@H]1C[C@@H]2O[C@@H]2C[C@@H]1COC(=O)c1ccccc1)c1ccccc1. The zero-order valence-corrected chi connectivity index (χ0v) is 15.0. The number of esters is 2. The first kappa shape index (κ1) is 17.7. The van der Waals surface area contributed by atoms with Gasteiger partial charge in [0.05, 0.1) is 36.5 Å². The van der Waals surface area contributed by atoms with E-state index in [4.69, 9.17) is 14.2 Å². The molecule has 0 radical (unpaired) electrons. The van der Waals surface area contributed by atoms with Gasteiger partial charge in [-0.2, -0.15) is 0 Å². The summed E-state index contributed by atoms with van der Waals surface area (Å²) >= 11 is 0. The lowest BCUT2D eigenvalue weighted by molar-refractivity contribution is 0.0166. The third-order valence-electron chi connectivity index (χ3n) is 5.30. The van der Waals surface area contributed by atoms with E-state index in [-0.39, 0.29) is 36.0 Å². The molecule has 4 rings (SSSR count). The molecule has 0 N–H and O–H groups in total. The maximum Gasteiger partial charge on any atom is 0.338 e. The molecule has 1 aliphatic heterocycles.